The smallest absolute Gasteiger partial charge is 0.308 e. The van der Waals surface area contributed by atoms with E-state index in [4.69, 9.17) is 14.7 Å². The first-order valence-corrected chi connectivity index (χ1v) is 4.39. The normalized spacial score (nSPS) is 9.13. The number of rotatable bonds is 3. The molecule has 0 unspecified atom stereocenters. The minimum atomic E-state index is -0.414. The summed E-state index contributed by atoms with van der Waals surface area (Å²) in [4.78, 5) is 10.8. The molecule has 0 bridgehead atoms. The molecular weight excluding hydrogens is 194 g/mol. The Morgan fingerprint density at radius 2 is 2.20 bits per heavy atom. The lowest BCUT2D eigenvalue weighted by molar-refractivity contribution is -0.132. The fourth-order valence-electron chi connectivity index (χ4n) is 1.16. The lowest BCUT2D eigenvalue weighted by atomic mass is 10.1. The van der Waals surface area contributed by atoms with Gasteiger partial charge in [-0.3, -0.25) is 4.79 Å². The van der Waals surface area contributed by atoms with Crippen LogP contribution in [0.4, 0.5) is 0 Å². The Kier molecular flexibility index (Phi) is 3.69. The molecule has 0 N–H and O–H groups in total. The van der Waals surface area contributed by atoms with E-state index in [0.717, 1.165) is 5.56 Å². The van der Waals surface area contributed by atoms with Gasteiger partial charge in [-0.05, 0) is 17.7 Å². The minimum absolute atomic E-state index is 0.276. The van der Waals surface area contributed by atoms with Crippen LogP contribution in [0.1, 0.15) is 12.5 Å². The van der Waals surface area contributed by atoms with Crippen molar-refractivity contribution in [1.29, 1.82) is 5.26 Å². The van der Waals surface area contributed by atoms with Gasteiger partial charge in [-0.2, -0.15) is 5.26 Å². The quantitative estimate of drug-likeness (QED) is 0.556. The highest BCUT2D eigenvalue weighted by Gasteiger charge is 2.07. The van der Waals surface area contributed by atoms with Crippen molar-refractivity contribution < 1.29 is 14.3 Å². The van der Waals surface area contributed by atoms with Crippen molar-refractivity contribution in [3.63, 3.8) is 0 Å². The molecular formula is C11H11NO3. The van der Waals surface area contributed by atoms with Gasteiger partial charge < -0.3 is 9.47 Å². The second kappa shape index (κ2) is 5.01. The van der Waals surface area contributed by atoms with Gasteiger partial charge in [-0.1, -0.05) is 6.07 Å². The first-order valence-electron chi connectivity index (χ1n) is 4.39. The third-order valence-electron chi connectivity index (χ3n) is 1.76. The molecule has 4 heteroatoms. The number of benzene rings is 1. The number of ether oxygens (including phenoxy) is 2. The van der Waals surface area contributed by atoms with Gasteiger partial charge in [0, 0.05) is 6.92 Å². The molecule has 0 fully saturated rings. The number of carbonyl (C=O) groups excluding carboxylic acids is 1. The highest BCUT2D eigenvalue weighted by Crippen LogP contribution is 2.28. The summed E-state index contributed by atoms with van der Waals surface area (Å²) in [6.45, 7) is 1.32. The fraction of sp³-hybridized carbons (Fsp3) is 0.273. The molecule has 0 radical (unpaired) electrons. The number of methoxy groups -OCH3 is 1. The van der Waals surface area contributed by atoms with Crippen molar-refractivity contribution >= 4 is 5.97 Å². The molecule has 4 nitrogen and oxygen atoms in total. The zero-order chi connectivity index (χ0) is 11.3. The van der Waals surface area contributed by atoms with Crippen molar-refractivity contribution in [2.24, 2.45) is 0 Å². The third-order valence-corrected chi connectivity index (χ3v) is 1.76. The number of carbonyl (C=O) groups is 1. The van der Waals surface area contributed by atoms with Crippen LogP contribution in [0.25, 0.3) is 0 Å². The molecule has 1 aromatic carbocycles. The Morgan fingerprint density at radius 3 is 2.73 bits per heavy atom. The van der Waals surface area contributed by atoms with Crippen molar-refractivity contribution in [2.75, 3.05) is 7.11 Å². The summed E-state index contributed by atoms with van der Waals surface area (Å²) in [6.07, 6.45) is 0.276. The van der Waals surface area contributed by atoms with Crippen LogP contribution >= 0.6 is 0 Å². The van der Waals surface area contributed by atoms with E-state index < -0.39 is 5.97 Å². The maximum atomic E-state index is 10.8. The van der Waals surface area contributed by atoms with Gasteiger partial charge in [0.05, 0.1) is 19.6 Å². The van der Waals surface area contributed by atoms with Crippen LogP contribution in [0.2, 0.25) is 0 Å². The summed E-state index contributed by atoms with van der Waals surface area (Å²) in [5, 5.41) is 8.53. The SMILES string of the molecule is COc1ccc(CC#N)cc1OC(C)=O. The van der Waals surface area contributed by atoms with Gasteiger partial charge in [-0.15, -0.1) is 0 Å². The number of hydrogen-bond acceptors (Lipinski definition) is 4. The van der Waals surface area contributed by atoms with Gasteiger partial charge >= 0.3 is 5.97 Å². The van der Waals surface area contributed by atoms with E-state index in [1.807, 2.05) is 6.07 Å². The van der Waals surface area contributed by atoms with Crippen LogP contribution in [0.5, 0.6) is 11.5 Å². The van der Waals surface area contributed by atoms with E-state index in [2.05, 4.69) is 0 Å². The predicted octanol–water partition coefficient (Wildman–Crippen LogP) is 1.69. The highest BCUT2D eigenvalue weighted by molar-refractivity contribution is 5.70. The molecule has 0 heterocycles. The molecule has 0 saturated carbocycles. The average Bonchev–Trinajstić information content (AvgIpc) is 2.18. The van der Waals surface area contributed by atoms with E-state index in [0.29, 0.717) is 11.5 Å². The Balaban J connectivity index is 3.02. The number of nitriles is 1. The maximum absolute atomic E-state index is 10.8. The molecule has 78 valence electrons. The molecule has 0 atom stereocenters. The fourth-order valence-corrected chi connectivity index (χ4v) is 1.16. The summed E-state index contributed by atoms with van der Waals surface area (Å²) in [5.41, 5.74) is 0.787. The molecule has 1 aromatic rings. The zero-order valence-electron chi connectivity index (χ0n) is 8.61. The molecule has 1 rings (SSSR count). The van der Waals surface area contributed by atoms with Crippen LogP contribution in [0, 0.1) is 11.3 Å². The van der Waals surface area contributed by atoms with Gasteiger partial charge in [-0.25, -0.2) is 0 Å². The van der Waals surface area contributed by atoms with E-state index in [1.54, 1.807) is 18.2 Å². The van der Waals surface area contributed by atoms with E-state index in [1.165, 1.54) is 14.0 Å². The number of nitrogens with zero attached hydrogens (tertiary/aromatic N) is 1. The van der Waals surface area contributed by atoms with Gasteiger partial charge in [0.15, 0.2) is 11.5 Å². The number of hydrogen-bond donors (Lipinski definition) is 0. The summed E-state index contributed by atoms with van der Waals surface area (Å²) in [6, 6.07) is 7.08. The van der Waals surface area contributed by atoms with Crippen LogP contribution in [-0.2, 0) is 11.2 Å². The average molecular weight is 205 g/mol. The van der Waals surface area contributed by atoms with Crippen LogP contribution < -0.4 is 9.47 Å². The topological polar surface area (TPSA) is 59.3 Å². The van der Waals surface area contributed by atoms with Crippen molar-refractivity contribution in [2.45, 2.75) is 13.3 Å². The molecule has 0 aliphatic carbocycles. The third kappa shape index (κ3) is 2.99. The van der Waals surface area contributed by atoms with Gasteiger partial charge in [0.2, 0.25) is 0 Å². The van der Waals surface area contributed by atoms with E-state index in [9.17, 15) is 4.79 Å². The monoisotopic (exact) mass is 205 g/mol. The maximum Gasteiger partial charge on any atom is 0.308 e. The highest BCUT2D eigenvalue weighted by atomic mass is 16.6. The molecule has 0 aliphatic rings. The lowest BCUT2D eigenvalue weighted by Crippen LogP contribution is -2.03. The largest absolute Gasteiger partial charge is 0.493 e. The molecule has 0 saturated heterocycles. The molecule has 0 spiro atoms. The summed E-state index contributed by atoms with van der Waals surface area (Å²) >= 11 is 0. The van der Waals surface area contributed by atoms with E-state index >= 15 is 0 Å². The van der Waals surface area contributed by atoms with Crippen molar-refractivity contribution in [1.82, 2.24) is 0 Å². The van der Waals surface area contributed by atoms with Crippen LogP contribution in [-0.4, -0.2) is 13.1 Å². The first-order chi connectivity index (χ1) is 7.17. The summed E-state index contributed by atoms with van der Waals surface area (Å²) in [5.74, 6) is 0.409. The van der Waals surface area contributed by atoms with E-state index in [-0.39, 0.29) is 6.42 Å². The predicted molar refractivity (Wildman–Crippen MR) is 53.6 cm³/mol. The Bertz CT molecular complexity index is 407. The first kappa shape index (κ1) is 11.1. The van der Waals surface area contributed by atoms with Crippen LogP contribution in [0.15, 0.2) is 18.2 Å². The molecule has 0 aliphatic heterocycles. The lowest BCUT2D eigenvalue weighted by Gasteiger charge is -2.08. The second-order valence-corrected chi connectivity index (χ2v) is 2.91. The number of esters is 1. The van der Waals surface area contributed by atoms with Crippen LogP contribution in [0.3, 0.4) is 0 Å². The van der Waals surface area contributed by atoms with Gasteiger partial charge in [0.1, 0.15) is 0 Å². The minimum Gasteiger partial charge on any atom is -0.493 e. The zero-order valence-corrected chi connectivity index (χ0v) is 8.61. The molecule has 0 amide bonds. The summed E-state index contributed by atoms with van der Waals surface area (Å²) < 4.78 is 9.97. The summed E-state index contributed by atoms with van der Waals surface area (Å²) in [7, 11) is 1.49. The molecule has 15 heavy (non-hydrogen) atoms. The van der Waals surface area contributed by atoms with Crippen molar-refractivity contribution in [3.8, 4) is 17.6 Å². The standard InChI is InChI=1S/C11H11NO3/c1-8(13)15-11-7-9(5-6-12)3-4-10(11)14-2/h3-4,7H,5H2,1-2H3. The van der Waals surface area contributed by atoms with Crippen molar-refractivity contribution in [3.05, 3.63) is 23.8 Å². The Hall–Kier alpha value is -2.02. The second-order valence-electron chi connectivity index (χ2n) is 2.91. The Morgan fingerprint density at radius 1 is 1.47 bits per heavy atom. The van der Waals surface area contributed by atoms with Gasteiger partial charge in [0.25, 0.3) is 0 Å². The Labute approximate surface area is 88.0 Å². The molecule has 0 aromatic heterocycles.